The molecule has 0 unspecified atom stereocenters. The van der Waals surface area contributed by atoms with Gasteiger partial charge in [0.2, 0.25) is 5.91 Å². The summed E-state index contributed by atoms with van der Waals surface area (Å²) in [5, 5.41) is 7.50. The summed E-state index contributed by atoms with van der Waals surface area (Å²) < 4.78 is 1.61. The van der Waals surface area contributed by atoms with Gasteiger partial charge in [0.25, 0.3) is 0 Å². The largest absolute Gasteiger partial charge is 0.323 e. The Hall–Kier alpha value is -1.85. The number of amides is 1. The minimum atomic E-state index is -0.623. The molecule has 1 heterocycles. The standard InChI is InChI=1S/C15H19ClN4O/c1-15(2,3)13(17)14(21)19-11-7-4-6-10(16)12(11)20-9-5-8-18-20/h4-9,13H,17H2,1-3H3,(H,19,21)/t13-/m0/s1. The molecule has 0 spiro atoms. The smallest absolute Gasteiger partial charge is 0.241 e. The lowest BCUT2D eigenvalue weighted by Gasteiger charge is -2.26. The molecule has 112 valence electrons. The quantitative estimate of drug-likeness (QED) is 0.916. The van der Waals surface area contributed by atoms with Crippen LogP contribution in [-0.2, 0) is 4.79 Å². The van der Waals surface area contributed by atoms with Gasteiger partial charge in [0.15, 0.2) is 0 Å². The molecule has 6 heteroatoms. The van der Waals surface area contributed by atoms with Gasteiger partial charge in [-0.3, -0.25) is 4.79 Å². The summed E-state index contributed by atoms with van der Waals surface area (Å²) >= 11 is 6.23. The topological polar surface area (TPSA) is 72.9 Å². The Morgan fingerprint density at radius 1 is 1.38 bits per heavy atom. The summed E-state index contributed by atoms with van der Waals surface area (Å²) in [6, 6.07) is 6.46. The van der Waals surface area contributed by atoms with Crippen molar-refractivity contribution in [2.45, 2.75) is 26.8 Å². The average Bonchev–Trinajstić information content (AvgIpc) is 2.90. The molecule has 2 aromatic rings. The number of nitrogens with one attached hydrogen (secondary N) is 1. The van der Waals surface area contributed by atoms with Gasteiger partial charge in [0, 0.05) is 12.4 Å². The maximum Gasteiger partial charge on any atom is 0.241 e. The van der Waals surface area contributed by atoms with Crippen molar-refractivity contribution in [2.24, 2.45) is 11.1 Å². The second kappa shape index (κ2) is 5.87. The Morgan fingerprint density at radius 2 is 2.10 bits per heavy atom. The molecule has 0 saturated heterocycles. The molecule has 0 bridgehead atoms. The molecule has 0 aliphatic heterocycles. The number of rotatable bonds is 3. The lowest BCUT2D eigenvalue weighted by atomic mass is 9.87. The van der Waals surface area contributed by atoms with Crippen LogP contribution in [0.25, 0.3) is 5.69 Å². The van der Waals surface area contributed by atoms with E-state index in [1.807, 2.05) is 20.8 Å². The van der Waals surface area contributed by atoms with Gasteiger partial charge in [-0.15, -0.1) is 0 Å². The summed E-state index contributed by atoms with van der Waals surface area (Å²) in [7, 11) is 0. The minimum Gasteiger partial charge on any atom is -0.323 e. The second-order valence-corrected chi connectivity index (χ2v) is 6.33. The summed E-state index contributed by atoms with van der Waals surface area (Å²) in [4.78, 5) is 12.3. The van der Waals surface area contributed by atoms with Gasteiger partial charge in [0.1, 0.15) is 5.69 Å². The molecule has 1 aromatic heterocycles. The zero-order valence-corrected chi connectivity index (χ0v) is 13.1. The van der Waals surface area contributed by atoms with Crippen molar-refractivity contribution in [3.8, 4) is 5.69 Å². The van der Waals surface area contributed by atoms with Crippen LogP contribution < -0.4 is 11.1 Å². The van der Waals surface area contributed by atoms with Gasteiger partial charge in [-0.25, -0.2) is 4.68 Å². The van der Waals surface area contributed by atoms with Crippen molar-refractivity contribution in [1.29, 1.82) is 0 Å². The number of carbonyl (C=O) groups is 1. The van der Waals surface area contributed by atoms with Crippen LogP contribution in [-0.4, -0.2) is 21.7 Å². The van der Waals surface area contributed by atoms with E-state index < -0.39 is 6.04 Å². The number of halogens is 1. The van der Waals surface area contributed by atoms with Crippen LogP contribution >= 0.6 is 11.6 Å². The van der Waals surface area contributed by atoms with Crippen molar-refractivity contribution in [1.82, 2.24) is 9.78 Å². The summed E-state index contributed by atoms with van der Waals surface area (Å²) in [6.07, 6.45) is 3.41. The molecule has 21 heavy (non-hydrogen) atoms. The van der Waals surface area contributed by atoms with Crippen LogP contribution in [0.3, 0.4) is 0 Å². The molecule has 1 aromatic carbocycles. The number of benzene rings is 1. The van der Waals surface area contributed by atoms with E-state index >= 15 is 0 Å². The van der Waals surface area contributed by atoms with Crippen molar-refractivity contribution in [2.75, 3.05) is 5.32 Å². The number of hydrogen-bond acceptors (Lipinski definition) is 3. The van der Waals surface area contributed by atoms with Crippen molar-refractivity contribution in [3.63, 3.8) is 0 Å². The first kappa shape index (κ1) is 15.5. The van der Waals surface area contributed by atoms with E-state index in [2.05, 4.69) is 10.4 Å². The lowest BCUT2D eigenvalue weighted by molar-refractivity contribution is -0.119. The predicted octanol–water partition coefficient (Wildman–Crippen LogP) is 2.84. The number of anilines is 1. The Kier molecular flexibility index (Phi) is 4.34. The van der Waals surface area contributed by atoms with Crippen LogP contribution in [0.2, 0.25) is 5.02 Å². The van der Waals surface area contributed by atoms with E-state index in [1.165, 1.54) is 0 Å². The number of aromatic nitrogens is 2. The van der Waals surface area contributed by atoms with Gasteiger partial charge in [-0.05, 0) is 23.6 Å². The van der Waals surface area contributed by atoms with Crippen LogP contribution in [0.5, 0.6) is 0 Å². The first-order chi connectivity index (χ1) is 9.80. The highest BCUT2D eigenvalue weighted by molar-refractivity contribution is 6.33. The monoisotopic (exact) mass is 306 g/mol. The molecule has 0 aliphatic carbocycles. The number of nitrogens with zero attached hydrogens (tertiary/aromatic N) is 2. The number of nitrogens with two attached hydrogens (primary N) is 1. The molecular formula is C15H19ClN4O. The van der Waals surface area contributed by atoms with E-state index in [0.717, 1.165) is 0 Å². The third kappa shape index (κ3) is 3.43. The van der Waals surface area contributed by atoms with Gasteiger partial charge >= 0.3 is 0 Å². The highest BCUT2D eigenvalue weighted by Gasteiger charge is 2.28. The third-order valence-corrected chi connectivity index (χ3v) is 3.50. The zero-order valence-electron chi connectivity index (χ0n) is 12.3. The van der Waals surface area contributed by atoms with E-state index in [-0.39, 0.29) is 11.3 Å². The van der Waals surface area contributed by atoms with Crippen molar-refractivity contribution < 1.29 is 4.79 Å². The number of hydrogen-bond donors (Lipinski definition) is 2. The fourth-order valence-electron chi connectivity index (χ4n) is 1.85. The summed E-state index contributed by atoms with van der Waals surface area (Å²) in [5.74, 6) is -0.252. The fraction of sp³-hybridized carbons (Fsp3) is 0.333. The highest BCUT2D eigenvalue weighted by Crippen LogP contribution is 2.28. The maximum absolute atomic E-state index is 12.3. The third-order valence-electron chi connectivity index (χ3n) is 3.19. The number of para-hydroxylation sites is 1. The normalized spacial score (nSPS) is 13.0. The van der Waals surface area contributed by atoms with Crippen LogP contribution in [0.15, 0.2) is 36.7 Å². The van der Waals surface area contributed by atoms with Gasteiger partial charge in [-0.1, -0.05) is 38.4 Å². The minimum absolute atomic E-state index is 0.252. The molecule has 2 rings (SSSR count). The Bertz CT molecular complexity index is 632. The molecule has 1 amide bonds. The van der Waals surface area contributed by atoms with Crippen molar-refractivity contribution >= 4 is 23.2 Å². The Labute approximate surface area is 129 Å². The molecular weight excluding hydrogens is 288 g/mol. The van der Waals surface area contributed by atoms with Gasteiger partial charge in [0.05, 0.1) is 16.8 Å². The summed E-state index contributed by atoms with van der Waals surface area (Å²) in [6.45, 7) is 5.76. The molecule has 0 saturated carbocycles. The Balaban J connectivity index is 2.34. The molecule has 1 atom stereocenters. The van der Waals surface area contributed by atoms with Gasteiger partial charge < -0.3 is 11.1 Å². The van der Waals surface area contributed by atoms with E-state index in [1.54, 1.807) is 41.3 Å². The zero-order chi connectivity index (χ0) is 15.6. The van der Waals surface area contributed by atoms with Crippen LogP contribution in [0.1, 0.15) is 20.8 Å². The van der Waals surface area contributed by atoms with Gasteiger partial charge in [-0.2, -0.15) is 5.10 Å². The molecule has 0 fully saturated rings. The Morgan fingerprint density at radius 3 is 2.67 bits per heavy atom. The molecule has 3 N–H and O–H groups in total. The predicted molar refractivity (Wildman–Crippen MR) is 84.6 cm³/mol. The average molecular weight is 307 g/mol. The first-order valence-corrected chi connectivity index (χ1v) is 7.03. The van der Waals surface area contributed by atoms with E-state index in [0.29, 0.717) is 16.4 Å². The van der Waals surface area contributed by atoms with Crippen LogP contribution in [0.4, 0.5) is 5.69 Å². The van der Waals surface area contributed by atoms with E-state index in [4.69, 9.17) is 17.3 Å². The first-order valence-electron chi connectivity index (χ1n) is 6.65. The van der Waals surface area contributed by atoms with E-state index in [9.17, 15) is 4.79 Å². The van der Waals surface area contributed by atoms with Crippen LogP contribution in [0, 0.1) is 5.41 Å². The second-order valence-electron chi connectivity index (χ2n) is 5.92. The number of carbonyl (C=O) groups excluding carboxylic acids is 1. The maximum atomic E-state index is 12.3. The lowest BCUT2D eigenvalue weighted by Crippen LogP contribution is -2.45. The molecule has 5 nitrogen and oxygen atoms in total. The highest BCUT2D eigenvalue weighted by atomic mass is 35.5. The fourth-order valence-corrected chi connectivity index (χ4v) is 2.12. The molecule has 0 aliphatic rings. The van der Waals surface area contributed by atoms with Crippen molar-refractivity contribution in [3.05, 3.63) is 41.7 Å². The molecule has 0 radical (unpaired) electrons. The SMILES string of the molecule is CC(C)(C)[C@@H](N)C(=O)Nc1cccc(Cl)c1-n1cccn1. The summed E-state index contributed by atoms with van der Waals surface area (Å²) in [5.41, 5.74) is 6.86.